The molecule has 1 atom stereocenters. The van der Waals surface area contributed by atoms with Crippen LogP contribution in [0.1, 0.15) is 31.2 Å². The molecule has 2 fully saturated rings. The van der Waals surface area contributed by atoms with E-state index >= 15 is 0 Å². The van der Waals surface area contributed by atoms with E-state index in [1.54, 1.807) is 0 Å². The van der Waals surface area contributed by atoms with E-state index in [2.05, 4.69) is 34.5 Å². The Kier molecular flexibility index (Phi) is 5.86. The Bertz CT molecular complexity index is 561. The SMILES string of the molecule is O=C(NCCCN1CCCC1=O)C1CCN(Cc2ccccc2)C1. The van der Waals surface area contributed by atoms with Gasteiger partial charge in [0.2, 0.25) is 11.8 Å². The minimum Gasteiger partial charge on any atom is -0.356 e. The van der Waals surface area contributed by atoms with Gasteiger partial charge in [-0.25, -0.2) is 0 Å². The van der Waals surface area contributed by atoms with Gasteiger partial charge < -0.3 is 10.2 Å². The average Bonchev–Trinajstić information content (AvgIpc) is 3.22. The maximum Gasteiger partial charge on any atom is 0.224 e. The minimum atomic E-state index is 0.0992. The van der Waals surface area contributed by atoms with Gasteiger partial charge in [0.05, 0.1) is 5.92 Å². The summed E-state index contributed by atoms with van der Waals surface area (Å²) in [7, 11) is 0. The molecule has 1 aromatic carbocycles. The molecule has 5 heteroatoms. The van der Waals surface area contributed by atoms with Gasteiger partial charge in [-0.05, 0) is 31.4 Å². The smallest absolute Gasteiger partial charge is 0.224 e. The molecule has 2 saturated heterocycles. The summed E-state index contributed by atoms with van der Waals surface area (Å²) in [5.74, 6) is 0.522. The Labute approximate surface area is 144 Å². The van der Waals surface area contributed by atoms with Gasteiger partial charge in [-0.15, -0.1) is 0 Å². The summed E-state index contributed by atoms with van der Waals surface area (Å²) in [5, 5.41) is 3.04. The Hall–Kier alpha value is -1.88. The van der Waals surface area contributed by atoms with Crippen molar-refractivity contribution in [1.82, 2.24) is 15.1 Å². The average molecular weight is 329 g/mol. The Balaban J connectivity index is 1.33. The summed E-state index contributed by atoms with van der Waals surface area (Å²) >= 11 is 0. The third-order valence-corrected chi connectivity index (χ3v) is 4.97. The van der Waals surface area contributed by atoms with E-state index < -0.39 is 0 Å². The molecule has 0 saturated carbocycles. The van der Waals surface area contributed by atoms with Crippen molar-refractivity contribution >= 4 is 11.8 Å². The maximum absolute atomic E-state index is 12.3. The van der Waals surface area contributed by atoms with Crippen LogP contribution in [-0.4, -0.2) is 54.3 Å². The fraction of sp³-hybridized carbons (Fsp3) is 0.579. The first-order valence-electron chi connectivity index (χ1n) is 9.04. The number of rotatable bonds is 7. The highest BCUT2D eigenvalue weighted by Crippen LogP contribution is 2.18. The van der Waals surface area contributed by atoms with Crippen LogP contribution in [0.2, 0.25) is 0 Å². The molecule has 130 valence electrons. The number of amides is 2. The maximum atomic E-state index is 12.3. The molecule has 2 heterocycles. The van der Waals surface area contributed by atoms with Gasteiger partial charge in [0.25, 0.3) is 0 Å². The molecular weight excluding hydrogens is 302 g/mol. The number of hydrogen-bond donors (Lipinski definition) is 1. The number of carbonyl (C=O) groups excluding carboxylic acids is 2. The molecule has 1 aromatic rings. The summed E-state index contributed by atoms with van der Waals surface area (Å²) < 4.78 is 0. The Morgan fingerprint density at radius 3 is 2.79 bits per heavy atom. The molecule has 0 radical (unpaired) electrons. The second kappa shape index (κ2) is 8.29. The van der Waals surface area contributed by atoms with Crippen molar-refractivity contribution in [3.05, 3.63) is 35.9 Å². The summed E-state index contributed by atoms with van der Waals surface area (Å²) in [5.41, 5.74) is 1.30. The fourth-order valence-electron chi connectivity index (χ4n) is 3.60. The summed E-state index contributed by atoms with van der Waals surface area (Å²) in [4.78, 5) is 28.1. The molecule has 2 amide bonds. The van der Waals surface area contributed by atoms with Crippen molar-refractivity contribution < 1.29 is 9.59 Å². The van der Waals surface area contributed by atoms with Gasteiger partial charge in [0.15, 0.2) is 0 Å². The molecule has 0 bridgehead atoms. The molecule has 2 aliphatic heterocycles. The van der Waals surface area contributed by atoms with Crippen LogP contribution in [0, 0.1) is 5.92 Å². The lowest BCUT2D eigenvalue weighted by molar-refractivity contribution is -0.127. The Morgan fingerprint density at radius 1 is 1.21 bits per heavy atom. The van der Waals surface area contributed by atoms with Crippen LogP contribution >= 0.6 is 0 Å². The molecular formula is C19H27N3O2. The lowest BCUT2D eigenvalue weighted by atomic mass is 10.1. The zero-order chi connectivity index (χ0) is 16.8. The quantitative estimate of drug-likeness (QED) is 0.774. The van der Waals surface area contributed by atoms with E-state index in [9.17, 15) is 9.59 Å². The number of likely N-dealkylation sites (tertiary alicyclic amines) is 2. The zero-order valence-corrected chi connectivity index (χ0v) is 14.2. The minimum absolute atomic E-state index is 0.0992. The van der Waals surface area contributed by atoms with Crippen LogP contribution in [0.15, 0.2) is 30.3 Å². The molecule has 0 aromatic heterocycles. The predicted octanol–water partition coefficient (Wildman–Crippen LogP) is 1.64. The van der Waals surface area contributed by atoms with Crippen molar-refractivity contribution in [2.45, 2.75) is 32.2 Å². The van der Waals surface area contributed by atoms with Crippen LogP contribution in [0.5, 0.6) is 0 Å². The van der Waals surface area contributed by atoms with Gasteiger partial charge in [-0.3, -0.25) is 14.5 Å². The van der Waals surface area contributed by atoms with Crippen LogP contribution in [0.3, 0.4) is 0 Å². The molecule has 0 spiro atoms. The van der Waals surface area contributed by atoms with Crippen molar-refractivity contribution in [2.75, 3.05) is 32.7 Å². The first-order chi connectivity index (χ1) is 11.7. The number of benzene rings is 1. The second-order valence-electron chi connectivity index (χ2n) is 6.84. The predicted molar refractivity (Wildman–Crippen MR) is 93.3 cm³/mol. The van der Waals surface area contributed by atoms with Crippen LogP contribution in [0.4, 0.5) is 0 Å². The Morgan fingerprint density at radius 2 is 2.04 bits per heavy atom. The molecule has 0 aliphatic carbocycles. The summed E-state index contributed by atoms with van der Waals surface area (Å²) in [6.07, 6.45) is 3.44. The van der Waals surface area contributed by atoms with Crippen LogP contribution < -0.4 is 5.32 Å². The summed E-state index contributed by atoms with van der Waals surface area (Å²) in [6, 6.07) is 10.4. The van der Waals surface area contributed by atoms with E-state index in [1.165, 1.54) is 5.56 Å². The molecule has 2 aliphatic rings. The number of nitrogens with one attached hydrogen (secondary N) is 1. The topological polar surface area (TPSA) is 52.7 Å². The molecule has 1 unspecified atom stereocenters. The molecule has 3 rings (SSSR count). The number of carbonyl (C=O) groups is 2. The van der Waals surface area contributed by atoms with Gasteiger partial charge in [0.1, 0.15) is 0 Å². The lowest BCUT2D eigenvalue weighted by Gasteiger charge is -2.17. The van der Waals surface area contributed by atoms with E-state index in [0.29, 0.717) is 13.0 Å². The van der Waals surface area contributed by atoms with Crippen molar-refractivity contribution in [3.63, 3.8) is 0 Å². The first-order valence-corrected chi connectivity index (χ1v) is 9.04. The third-order valence-electron chi connectivity index (χ3n) is 4.97. The molecule has 1 N–H and O–H groups in total. The first kappa shape index (κ1) is 17.0. The highest BCUT2D eigenvalue weighted by atomic mass is 16.2. The third kappa shape index (κ3) is 4.57. The molecule has 24 heavy (non-hydrogen) atoms. The van der Waals surface area contributed by atoms with Crippen LogP contribution in [0.25, 0.3) is 0 Å². The van der Waals surface area contributed by atoms with Gasteiger partial charge in [0, 0.05) is 39.1 Å². The lowest BCUT2D eigenvalue weighted by Crippen LogP contribution is -2.35. The summed E-state index contributed by atoms with van der Waals surface area (Å²) in [6.45, 7) is 5.05. The molecule has 5 nitrogen and oxygen atoms in total. The van der Waals surface area contributed by atoms with Gasteiger partial charge >= 0.3 is 0 Å². The van der Waals surface area contributed by atoms with Crippen LogP contribution in [-0.2, 0) is 16.1 Å². The van der Waals surface area contributed by atoms with E-state index in [0.717, 1.165) is 52.0 Å². The highest BCUT2D eigenvalue weighted by Gasteiger charge is 2.28. The second-order valence-corrected chi connectivity index (χ2v) is 6.84. The van der Waals surface area contributed by atoms with Gasteiger partial charge in [-0.1, -0.05) is 30.3 Å². The number of hydrogen-bond acceptors (Lipinski definition) is 3. The van der Waals surface area contributed by atoms with Gasteiger partial charge in [-0.2, -0.15) is 0 Å². The zero-order valence-electron chi connectivity index (χ0n) is 14.2. The standard InChI is InChI=1S/C19H27N3O2/c23-18-8-4-11-22(18)12-5-10-20-19(24)17-9-13-21(15-17)14-16-6-2-1-3-7-16/h1-3,6-7,17H,4-5,8-15H2,(H,20,24). The van der Waals surface area contributed by atoms with E-state index in [4.69, 9.17) is 0 Å². The van der Waals surface area contributed by atoms with E-state index in [1.807, 2.05) is 11.0 Å². The highest BCUT2D eigenvalue weighted by molar-refractivity contribution is 5.79. The largest absolute Gasteiger partial charge is 0.356 e. The number of nitrogens with zero attached hydrogens (tertiary/aromatic N) is 2. The monoisotopic (exact) mass is 329 g/mol. The van der Waals surface area contributed by atoms with E-state index in [-0.39, 0.29) is 17.7 Å². The normalized spacial score (nSPS) is 21.4. The fourth-order valence-corrected chi connectivity index (χ4v) is 3.60. The van der Waals surface area contributed by atoms with Crippen molar-refractivity contribution in [3.8, 4) is 0 Å². The van der Waals surface area contributed by atoms with Crippen molar-refractivity contribution in [2.24, 2.45) is 5.92 Å². The van der Waals surface area contributed by atoms with Crippen molar-refractivity contribution in [1.29, 1.82) is 0 Å².